The number of hydrogen-bond donors (Lipinski definition) is 2. The van der Waals surface area contributed by atoms with Gasteiger partial charge in [-0.25, -0.2) is 0 Å². The lowest BCUT2D eigenvalue weighted by Gasteiger charge is -2.26. The fourth-order valence-corrected chi connectivity index (χ4v) is 2.72. The SMILES string of the molecule is Oc1ccccc1N(CCCc1ccccn1)c1ccccc1O. The minimum absolute atomic E-state index is 0.193. The van der Waals surface area contributed by atoms with Gasteiger partial charge < -0.3 is 15.1 Å². The molecule has 4 heteroatoms. The summed E-state index contributed by atoms with van der Waals surface area (Å²) in [5, 5.41) is 20.4. The van der Waals surface area contributed by atoms with Crippen molar-refractivity contribution in [1.82, 2.24) is 4.98 Å². The van der Waals surface area contributed by atoms with E-state index in [9.17, 15) is 10.2 Å². The van der Waals surface area contributed by atoms with Crippen LogP contribution in [0.2, 0.25) is 0 Å². The molecular formula is C20H20N2O2. The van der Waals surface area contributed by atoms with Gasteiger partial charge in [0.05, 0.1) is 11.4 Å². The van der Waals surface area contributed by atoms with E-state index in [1.165, 1.54) is 0 Å². The third-order valence-corrected chi connectivity index (χ3v) is 3.89. The van der Waals surface area contributed by atoms with Gasteiger partial charge >= 0.3 is 0 Å². The van der Waals surface area contributed by atoms with E-state index in [2.05, 4.69) is 4.98 Å². The predicted octanol–water partition coefficient (Wildman–Crippen LogP) is 4.26. The molecule has 0 aliphatic heterocycles. The summed E-state index contributed by atoms with van der Waals surface area (Å²) in [5.74, 6) is 0.386. The Balaban J connectivity index is 1.83. The molecule has 122 valence electrons. The molecule has 1 heterocycles. The predicted molar refractivity (Wildman–Crippen MR) is 95.8 cm³/mol. The van der Waals surface area contributed by atoms with Gasteiger partial charge in [0.25, 0.3) is 0 Å². The number of anilines is 2. The van der Waals surface area contributed by atoms with Gasteiger partial charge in [0.15, 0.2) is 0 Å². The Labute approximate surface area is 141 Å². The Bertz CT molecular complexity index is 745. The maximum atomic E-state index is 10.2. The van der Waals surface area contributed by atoms with Gasteiger partial charge in [-0.2, -0.15) is 0 Å². The van der Waals surface area contributed by atoms with E-state index in [-0.39, 0.29) is 11.5 Å². The molecule has 0 saturated carbocycles. The highest BCUT2D eigenvalue weighted by atomic mass is 16.3. The first-order valence-electron chi connectivity index (χ1n) is 7.99. The zero-order valence-corrected chi connectivity index (χ0v) is 13.3. The van der Waals surface area contributed by atoms with Crippen LogP contribution in [-0.4, -0.2) is 21.7 Å². The largest absolute Gasteiger partial charge is 0.506 e. The zero-order chi connectivity index (χ0) is 16.8. The molecule has 3 aromatic rings. The van der Waals surface area contributed by atoms with Crippen molar-refractivity contribution in [1.29, 1.82) is 0 Å². The first kappa shape index (κ1) is 15.9. The highest BCUT2D eigenvalue weighted by Crippen LogP contribution is 2.37. The molecule has 0 spiro atoms. The standard InChI is InChI=1S/C20H20N2O2/c23-19-12-3-1-10-17(19)22(18-11-2-4-13-20(18)24)15-7-9-16-8-5-6-14-21-16/h1-6,8,10-14,23-24H,7,9,15H2. The number of para-hydroxylation sites is 4. The lowest BCUT2D eigenvalue weighted by Crippen LogP contribution is -2.19. The second kappa shape index (κ2) is 7.51. The molecule has 2 N–H and O–H groups in total. The average molecular weight is 320 g/mol. The molecule has 0 aliphatic rings. The molecule has 0 radical (unpaired) electrons. The fourth-order valence-electron chi connectivity index (χ4n) is 2.72. The number of phenols is 2. The Morgan fingerprint density at radius 3 is 1.88 bits per heavy atom. The van der Waals surface area contributed by atoms with Crippen molar-refractivity contribution < 1.29 is 10.2 Å². The Morgan fingerprint density at radius 2 is 1.33 bits per heavy atom. The number of hydrogen-bond acceptors (Lipinski definition) is 4. The monoisotopic (exact) mass is 320 g/mol. The van der Waals surface area contributed by atoms with E-state index in [0.29, 0.717) is 17.9 Å². The van der Waals surface area contributed by atoms with Crippen molar-refractivity contribution in [2.24, 2.45) is 0 Å². The van der Waals surface area contributed by atoms with Crippen LogP contribution in [0.4, 0.5) is 11.4 Å². The van der Waals surface area contributed by atoms with E-state index in [4.69, 9.17) is 0 Å². The van der Waals surface area contributed by atoms with Crippen LogP contribution in [-0.2, 0) is 6.42 Å². The normalized spacial score (nSPS) is 10.5. The van der Waals surface area contributed by atoms with Crippen LogP contribution in [0.5, 0.6) is 11.5 Å². The minimum atomic E-state index is 0.193. The van der Waals surface area contributed by atoms with Crippen LogP contribution in [0, 0.1) is 0 Å². The van der Waals surface area contributed by atoms with Crippen LogP contribution >= 0.6 is 0 Å². The molecule has 0 bridgehead atoms. The third-order valence-electron chi connectivity index (χ3n) is 3.89. The van der Waals surface area contributed by atoms with Crippen LogP contribution in [0.15, 0.2) is 72.9 Å². The molecule has 0 unspecified atom stereocenters. The first-order valence-corrected chi connectivity index (χ1v) is 7.99. The molecule has 24 heavy (non-hydrogen) atoms. The smallest absolute Gasteiger partial charge is 0.139 e. The van der Waals surface area contributed by atoms with E-state index < -0.39 is 0 Å². The molecule has 2 aromatic carbocycles. The lowest BCUT2D eigenvalue weighted by molar-refractivity contribution is 0.470. The Kier molecular flexibility index (Phi) is 4.96. The minimum Gasteiger partial charge on any atom is -0.506 e. The number of aryl methyl sites for hydroxylation is 1. The van der Waals surface area contributed by atoms with Crippen LogP contribution in [0.1, 0.15) is 12.1 Å². The fraction of sp³-hybridized carbons (Fsp3) is 0.150. The molecule has 0 aliphatic carbocycles. The number of benzene rings is 2. The Hall–Kier alpha value is -3.01. The van der Waals surface area contributed by atoms with E-state index in [1.54, 1.807) is 30.5 Å². The van der Waals surface area contributed by atoms with E-state index in [0.717, 1.165) is 18.5 Å². The van der Waals surface area contributed by atoms with Crippen molar-refractivity contribution in [3.63, 3.8) is 0 Å². The summed E-state index contributed by atoms with van der Waals surface area (Å²) in [6.07, 6.45) is 3.47. The topological polar surface area (TPSA) is 56.6 Å². The molecule has 1 aromatic heterocycles. The van der Waals surface area contributed by atoms with Crippen molar-refractivity contribution in [3.8, 4) is 11.5 Å². The maximum absolute atomic E-state index is 10.2. The van der Waals surface area contributed by atoms with Crippen LogP contribution in [0.3, 0.4) is 0 Å². The molecule has 0 atom stereocenters. The van der Waals surface area contributed by atoms with Crippen molar-refractivity contribution in [2.45, 2.75) is 12.8 Å². The summed E-state index contributed by atoms with van der Waals surface area (Å²) in [6.45, 7) is 0.658. The molecule has 0 fully saturated rings. The molecule has 3 rings (SSSR count). The van der Waals surface area contributed by atoms with Gasteiger partial charge in [-0.05, 0) is 49.2 Å². The van der Waals surface area contributed by atoms with Gasteiger partial charge in [-0.3, -0.25) is 4.98 Å². The first-order chi connectivity index (χ1) is 11.8. The zero-order valence-electron chi connectivity index (χ0n) is 13.3. The van der Waals surface area contributed by atoms with Gasteiger partial charge in [0.2, 0.25) is 0 Å². The van der Waals surface area contributed by atoms with Crippen molar-refractivity contribution in [2.75, 3.05) is 11.4 Å². The van der Waals surface area contributed by atoms with Crippen molar-refractivity contribution in [3.05, 3.63) is 78.6 Å². The number of pyridine rings is 1. The summed E-state index contributed by atoms with van der Waals surface area (Å²) in [5.41, 5.74) is 2.40. The number of nitrogens with zero attached hydrogens (tertiary/aromatic N) is 2. The average Bonchev–Trinajstić information content (AvgIpc) is 2.61. The Morgan fingerprint density at radius 1 is 0.750 bits per heavy atom. The lowest BCUT2D eigenvalue weighted by atomic mass is 10.1. The second-order valence-corrected chi connectivity index (χ2v) is 5.55. The number of rotatable bonds is 6. The molecular weight excluding hydrogens is 300 g/mol. The van der Waals surface area contributed by atoms with E-state index in [1.807, 2.05) is 47.4 Å². The highest BCUT2D eigenvalue weighted by Gasteiger charge is 2.15. The van der Waals surface area contributed by atoms with Crippen LogP contribution < -0.4 is 4.90 Å². The summed E-state index contributed by atoms with van der Waals surface area (Å²) >= 11 is 0. The third kappa shape index (κ3) is 3.66. The number of aromatic hydroxyl groups is 2. The van der Waals surface area contributed by atoms with Gasteiger partial charge in [-0.15, -0.1) is 0 Å². The summed E-state index contributed by atoms with van der Waals surface area (Å²) < 4.78 is 0. The second-order valence-electron chi connectivity index (χ2n) is 5.55. The van der Waals surface area contributed by atoms with Gasteiger partial charge in [0, 0.05) is 18.4 Å². The van der Waals surface area contributed by atoms with E-state index >= 15 is 0 Å². The summed E-state index contributed by atoms with van der Waals surface area (Å²) in [6, 6.07) is 20.2. The number of aromatic nitrogens is 1. The quantitative estimate of drug-likeness (QED) is 0.712. The summed E-state index contributed by atoms with van der Waals surface area (Å²) in [4.78, 5) is 6.28. The molecule has 0 saturated heterocycles. The molecule has 0 amide bonds. The number of phenolic OH excluding ortho intramolecular Hbond substituents is 2. The summed E-state index contributed by atoms with van der Waals surface area (Å²) in [7, 11) is 0. The maximum Gasteiger partial charge on any atom is 0.139 e. The van der Waals surface area contributed by atoms with Gasteiger partial charge in [-0.1, -0.05) is 30.3 Å². The van der Waals surface area contributed by atoms with Crippen LogP contribution in [0.25, 0.3) is 0 Å². The van der Waals surface area contributed by atoms with Gasteiger partial charge in [0.1, 0.15) is 11.5 Å². The molecule has 4 nitrogen and oxygen atoms in total. The highest BCUT2D eigenvalue weighted by molar-refractivity contribution is 5.72. The van der Waals surface area contributed by atoms with Crippen molar-refractivity contribution >= 4 is 11.4 Å².